The zero-order valence-corrected chi connectivity index (χ0v) is 14.2. The van der Waals surface area contributed by atoms with Crippen LogP contribution in [0, 0.1) is 25.7 Å². The molecule has 0 aromatic rings. The summed E-state index contributed by atoms with van der Waals surface area (Å²) in [7, 11) is 0. The van der Waals surface area contributed by atoms with E-state index < -0.39 is 0 Å². The van der Waals surface area contributed by atoms with Crippen molar-refractivity contribution in [3.63, 3.8) is 0 Å². The molecule has 17 heavy (non-hydrogen) atoms. The topological polar surface area (TPSA) is 0 Å². The van der Waals surface area contributed by atoms with E-state index in [1.54, 1.807) is 0 Å². The molecule has 0 N–H and O–H groups in total. The summed E-state index contributed by atoms with van der Waals surface area (Å²) >= 11 is 0. The first-order chi connectivity index (χ1) is 7.86. The second-order valence-electron chi connectivity index (χ2n) is 4.88. The van der Waals surface area contributed by atoms with Crippen molar-refractivity contribution in [3.05, 3.63) is 38.2 Å². The van der Waals surface area contributed by atoms with Gasteiger partial charge in [-0.05, 0) is 38.5 Å². The van der Waals surface area contributed by atoms with Gasteiger partial charge in [0, 0.05) is 0 Å². The third kappa shape index (κ3) is 7.93. The predicted octanol–water partition coefficient (Wildman–Crippen LogP) is 5.13. The molecular formula is C16H26Zn. The Bertz CT molecular complexity index is 194. The maximum absolute atomic E-state index is 3.88. The Morgan fingerprint density at radius 1 is 0.765 bits per heavy atom. The largest absolute Gasteiger partial charge is 2.00 e. The summed E-state index contributed by atoms with van der Waals surface area (Å²) in [6.45, 7) is 7.75. The molecule has 0 saturated heterocycles. The van der Waals surface area contributed by atoms with Crippen LogP contribution in [-0.4, -0.2) is 0 Å². The molecule has 1 heteroatoms. The van der Waals surface area contributed by atoms with Gasteiger partial charge in [0.15, 0.2) is 0 Å². The smallest absolute Gasteiger partial charge is 0.343 e. The van der Waals surface area contributed by atoms with Crippen molar-refractivity contribution in [3.8, 4) is 0 Å². The van der Waals surface area contributed by atoms with Crippen molar-refractivity contribution in [2.75, 3.05) is 0 Å². The fourth-order valence-electron chi connectivity index (χ4n) is 2.24. The number of rotatable bonds is 2. The van der Waals surface area contributed by atoms with E-state index in [9.17, 15) is 0 Å². The predicted molar refractivity (Wildman–Crippen MR) is 72.9 cm³/mol. The van der Waals surface area contributed by atoms with Crippen LogP contribution in [0.25, 0.3) is 0 Å². The Hall–Kier alpha value is 0.103. The minimum atomic E-state index is 0. The van der Waals surface area contributed by atoms with Gasteiger partial charge in [-0.1, -0.05) is 36.1 Å². The molecule has 0 aromatic carbocycles. The molecule has 2 rings (SSSR count). The van der Waals surface area contributed by atoms with Gasteiger partial charge in [-0.25, -0.2) is 0 Å². The molecule has 0 radical (unpaired) electrons. The fraction of sp³-hybridized carbons (Fsp3) is 0.625. The first kappa shape index (κ1) is 17.1. The quantitative estimate of drug-likeness (QED) is 0.374. The molecule has 0 nitrogen and oxygen atoms in total. The molecule has 2 atom stereocenters. The van der Waals surface area contributed by atoms with Crippen LogP contribution in [-0.2, 0) is 19.5 Å². The molecule has 2 unspecified atom stereocenters. The maximum atomic E-state index is 3.88. The van der Waals surface area contributed by atoms with Gasteiger partial charge in [-0.3, -0.25) is 0 Å². The molecule has 0 aliphatic heterocycles. The van der Waals surface area contributed by atoms with E-state index in [1.807, 2.05) is 0 Å². The summed E-state index contributed by atoms with van der Waals surface area (Å²) in [4.78, 5) is 0. The van der Waals surface area contributed by atoms with Crippen LogP contribution < -0.4 is 0 Å². The molecule has 2 aliphatic rings. The molecule has 0 heterocycles. The summed E-state index contributed by atoms with van der Waals surface area (Å²) in [6.07, 6.45) is 19.1. The van der Waals surface area contributed by atoms with Crippen LogP contribution in [0.15, 0.2) is 24.3 Å². The zero-order valence-electron chi connectivity index (χ0n) is 11.2. The van der Waals surface area contributed by atoms with E-state index in [4.69, 9.17) is 0 Å². The van der Waals surface area contributed by atoms with Crippen molar-refractivity contribution in [2.24, 2.45) is 11.8 Å². The van der Waals surface area contributed by atoms with Gasteiger partial charge in [0.25, 0.3) is 0 Å². The standard InChI is InChI=1S/2C8H13.Zn/c2*1-2-8-6-4-3-5-7-8;/h2*3-4,8H,1-2,5-7H2;/q2*-1;+2. The van der Waals surface area contributed by atoms with Crippen molar-refractivity contribution < 1.29 is 19.5 Å². The molecule has 0 amide bonds. The molecule has 0 spiro atoms. The monoisotopic (exact) mass is 282 g/mol. The number of hydrogen-bond acceptors (Lipinski definition) is 0. The first-order valence-corrected chi connectivity index (χ1v) is 6.75. The van der Waals surface area contributed by atoms with E-state index in [1.165, 1.54) is 38.5 Å². The van der Waals surface area contributed by atoms with E-state index in [-0.39, 0.29) is 19.5 Å². The number of hydrogen-bond donors (Lipinski definition) is 0. The Kier molecular flexibility index (Phi) is 11.3. The second kappa shape index (κ2) is 11.2. The summed E-state index contributed by atoms with van der Waals surface area (Å²) in [5, 5.41) is 0. The molecule has 0 bridgehead atoms. The Labute approximate surface area is 121 Å². The first-order valence-electron chi connectivity index (χ1n) is 6.75. The molecule has 2 aliphatic carbocycles. The van der Waals surface area contributed by atoms with Crippen LogP contribution in [0.5, 0.6) is 0 Å². The van der Waals surface area contributed by atoms with Crippen molar-refractivity contribution in [1.82, 2.24) is 0 Å². The zero-order chi connectivity index (χ0) is 11.6. The summed E-state index contributed by atoms with van der Waals surface area (Å²) < 4.78 is 0. The van der Waals surface area contributed by atoms with E-state index in [0.29, 0.717) is 0 Å². The summed E-state index contributed by atoms with van der Waals surface area (Å²) in [5.74, 6) is 1.78. The molecular weight excluding hydrogens is 258 g/mol. The second-order valence-corrected chi connectivity index (χ2v) is 4.88. The Balaban J connectivity index is 0.000000284. The van der Waals surface area contributed by atoms with Gasteiger partial charge < -0.3 is 13.8 Å². The van der Waals surface area contributed by atoms with Gasteiger partial charge in [0.1, 0.15) is 0 Å². The van der Waals surface area contributed by atoms with E-state index in [2.05, 4.69) is 38.2 Å². The maximum Gasteiger partial charge on any atom is 2.00 e. The molecule has 0 fully saturated rings. The Morgan fingerprint density at radius 2 is 1.18 bits per heavy atom. The normalized spacial score (nSPS) is 26.7. The van der Waals surface area contributed by atoms with Crippen molar-refractivity contribution >= 4 is 0 Å². The summed E-state index contributed by atoms with van der Waals surface area (Å²) in [5.41, 5.74) is 0. The summed E-state index contributed by atoms with van der Waals surface area (Å²) in [6, 6.07) is 0. The van der Waals surface area contributed by atoms with Crippen molar-refractivity contribution in [1.29, 1.82) is 0 Å². The average molecular weight is 284 g/mol. The minimum absolute atomic E-state index is 0. The van der Waals surface area contributed by atoms with Crippen LogP contribution in [0.2, 0.25) is 0 Å². The fourth-order valence-corrected chi connectivity index (χ4v) is 2.24. The van der Waals surface area contributed by atoms with Gasteiger partial charge >= 0.3 is 19.5 Å². The molecule has 0 aromatic heterocycles. The third-order valence-corrected chi connectivity index (χ3v) is 3.57. The molecule has 0 saturated carbocycles. The van der Waals surface area contributed by atoms with Gasteiger partial charge in [-0.2, -0.15) is 12.8 Å². The average Bonchev–Trinajstić information content (AvgIpc) is 2.41. The van der Waals surface area contributed by atoms with E-state index in [0.717, 1.165) is 24.7 Å². The van der Waals surface area contributed by atoms with Crippen LogP contribution in [0.3, 0.4) is 0 Å². The van der Waals surface area contributed by atoms with Crippen LogP contribution >= 0.6 is 0 Å². The molecule has 92 valence electrons. The Morgan fingerprint density at radius 3 is 1.35 bits per heavy atom. The van der Waals surface area contributed by atoms with E-state index >= 15 is 0 Å². The van der Waals surface area contributed by atoms with Crippen molar-refractivity contribution in [2.45, 2.75) is 51.4 Å². The minimum Gasteiger partial charge on any atom is -0.343 e. The van der Waals surface area contributed by atoms with Crippen LogP contribution in [0.1, 0.15) is 51.4 Å². The van der Waals surface area contributed by atoms with Crippen LogP contribution in [0.4, 0.5) is 0 Å². The SMILES string of the molecule is [CH2-]CC1CC=CCC1.[CH2-]CC1CC=CCC1.[Zn+2]. The van der Waals surface area contributed by atoms with Gasteiger partial charge in [0.05, 0.1) is 0 Å². The third-order valence-electron chi connectivity index (χ3n) is 3.57. The van der Waals surface area contributed by atoms with Gasteiger partial charge in [-0.15, -0.1) is 0 Å². The van der Waals surface area contributed by atoms with Gasteiger partial charge in [0.2, 0.25) is 0 Å². The number of allylic oxidation sites excluding steroid dienone is 4.